The van der Waals surface area contributed by atoms with Gasteiger partial charge in [0, 0.05) is 13.2 Å². The van der Waals surface area contributed by atoms with E-state index in [4.69, 9.17) is 10.5 Å². The van der Waals surface area contributed by atoms with E-state index in [1.54, 1.807) is 0 Å². The van der Waals surface area contributed by atoms with Crippen molar-refractivity contribution in [2.45, 2.75) is 38.3 Å². The van der Waals surface area contributed by atoms with Gasteiger partial charge in [0.25, 0.3) is 0 Å². The van der Waals surface area contributed by atoms with Crippen LogP contribution in [0.5, 0.6) is 0 Å². The van der Waals surface area contributed by atoms with E-state index in [2.05, 4.69) is 16.8 Å². The summed E-state index contributed by atoms with van der Waals surface area (Å²) in [4.78, 5) is 6.48. The number of hydrogen-bond acceptors (Lipinski definition) is 4. The van der Waals surface area contributed by atoms with Crippen LogP contribution in [0.15, 0.2) is 4.99 Å². The molecule has 0 saturated carbocycles. The zero-order valence-electron chi connectivity index (χ0n) is 8.78. The molecule has 2 rings (SSSR count). The molecule has 2 atom stereocenters. The van der Waals surface area contributed by atoms with Crippen molar-refractivity contribution < 1.29 is 4.74 Å². The second kappa shape index (κ2) is 4.17. The summed E-state index contributed by atoms with van der Waals surface area (Å²) in [5, 5.41) is 0. The van der Waals surface area contributed by atoms with E-state index in [9.17, 15) is 0 Å². The quantitative estimate of drug-likeness (QED) is 0.720. The Kier molecular flexibility index (Phi) is 2.91. The lowest BCUT2D eigenvalue weighted by Gasteiger charge is -2.27. The Morgan fingerprint density at radius 3 is 3.14 bits per heavy atom. The van der Waals surface area contributed by atoms with Gasteiger partial charge < -0.3 is 15.4 Å². The van der Waals surface area contributed by atoms with Crippen molar-refractivity contribution in [1.82, 2.24) is 4.90 Å². The minimum atomic E-state index is 0.371. The van der Waals surface area contributed by atoms with Gasteiger partial charge in [0.1, 0.15) is 0 Å². The van der Waals surface area contributed by atoms with Gasteiger partial charge >= 0.3 is 0 Å². The predicted octanol–water partition coefficient (Wildman–Crippen LogP) is 0.574. The molecule has 0 aromatic carbocycles. The molecule has 2 N–H and O–H groups in total. The summed E-state index contributed by atoms with van der Waals surface area (Å²) >= 11 is 0. The summed E-state index contributed by atoms with van der Waals surface area (Å²) in [6, 6.07) is 0.499. The molecule has 0 aromatic heterocycles. The van der Waals surface area contributed by atoms with Crippen molar-refractivity contribution in [2.75, 3.05) is 19.7 Å². The van der Waals surface area contributed by atoms with Crippen molar-refractivity contribution in [3.63, 3.8) is 0 Å². The third-order valence-corrected chi connectivity index (χ3v) is 3.09. The summed E-state index contributed by atoms with van der Waals surface area (Å²) in [5.74, 6) is 0.701. The van der Waals surface area contributed by atoms with Gasteiger partial charge in [-0.15, -0.1) is 0 Å². The molecular formula is C10H19N3O. The van der Waals surface area contributed by atoms with Gasteiger partial charge in [-0.3, -0.25) is 4.99 Å². The van der Waals surface area contributed by atoms with E-state index in [1.165, 1.54) is 12.8 Å². The number of nitrogens with two attached hydrogens (primary N) is 1. The Balaban J connectivity index is 1.90. The molecule has 2 unspecified atom stereocenters. The highest BCUT2D eigenvalue weighted by atomic mass is 16.5. The van der Waals surface area contributed by atoms with E-state index in [-0.39, 0.29) is 0 Å². The molecule has 0 bridgehead atoms. The first-order valence-electron chi connectivity index (χ1n) is 5.49. The highest BCUT2D eigenvalue weighted by Gasteiger charge is 2.28. The first-order chi connectivity index (χ1) is 6.81. The van der Waals surface area contributed by atoms with Crippen LogP contribution in [0.1, 0.15) is 26.2 Å². The lowest BCUT2D eigenvalue weighted by atomic mass is 10.1. The molecule has 14 heavy (non-hydrogen) atoms. The number of nitrogens with zero attached hydrogens (tertiary/aromatic N) is 2. The molecule has 2 aliphatic rings. The van der Waals surface area contributed by atoms with Crippen molar-refractivity contribution in [2.24, 2.45) is 10.7 Å². The van der Waals surface area contributed by atoms with Crippen molar-refractivity contribution >= 4 is 5.96 Å². The van der Waals surface area contributed by atoms with Crippen LogP contribution in [0.3, 0.4) is 0 Å². The van der Waals surface area contributed by atoms with Crippen LogP contribution in [-0.2, 0) is 4.74 Å². The summed E-state index contributed by atoms with van der Waals surface area (Å²) < 4.78 is 5.60. The zero-order chi connectivity index (χ0) is 9.97. The summed E-state index contributed by atoms with van der Waals surface area (Å²) in [5.41, 5.74) is 5.84. The summed E-state index contributed by atoms with van der Waals surface area (Å²) in [7, 11) is 0. The normalized spacial score (nSPS) is 32.4. The fourth-order valence-electron chi connectivity index (χ4n) is 2.18. The summed E-state index contributed by atoms with van der Waals surface area (Å²) in [6.45, 7) is 4.87. The molecule has 1 fully saturated rings. The maximum Gasteiger partial charge on any atom is 0.191 e. The van der Waals surface area contributed by atoms with E-state index >= 15 is 0 Å². The number of hydrogen-bond donors (Lipinski definition) is 1. The van der Waals surface area contributed by atoms with Crippen molar-refractivity contribution in [3.8, 4) is 0 Å². The van der Waals surface area contributed by atoms with Gasteiger partial charge in [-0.25, -0.2) is 0 Å². The van der Waals surface area contributed by atoms with Crippen LogP contribution in [-0.4, -0.2) is 42.7 Å². The number of guanidine groups is 1. The highest BCUT2D eigenvalue weighted by molar-refractivity contribution is 5.80. The SMILES string of the molecule is CCC1CN=C(N)N1CC1CCCO1. The minimum absolute atomic E-state index is 0.371. The maximum atomic E-state index is 5.84. The molecule has 1 saturated heterocycles. The predicted molar refractivity (Wildman–Crippen MR) is 56.2 cm³/mol. The largest absolute Gasteiger partial charge is 0.376 e. The average Bonchev–Trinajstić information content (AvgIpc) is 2.79. The van der Waals surface area contributed by atoms with Crippen LogP contribution in [0.25, 0.3) is 0 Å². The lowest BCUT2D eigenvalue weighted by Crippen LogP contribution is -2.44. The molecule has 4 heteroatoms. The first-order valence-corrected chi connectivity index (χ1v) is 5.49. The smallest absolute Gasteiger partial charge is 0.191 e. The summed E-state index contributed by atoms with van der Waals surface area (Å²) in [6.07, 6.45) is 3.83. The fraction of sp³-hybridized carbons (Fsp3) is 0.900. The molecule has 0 spiro atoms. The van der Waals surface area contributed by atoms with Crippen molar-refractivity contribution in [3.05, 3.63) is 0 Å². The first kappa shape index (κ1) is 9.77. The van der Waals surface area contributed by atoms with E-state index < -0.39 is 0 Å². The number of ether oxygens (including phenoxy) is 1. The van der Waals surface area contributed by atoms with Gasteiger partial charge in [-0.05, 0) is 19.3 Å². The third-order valence-electron chi connectivity index (χ3n) is 3.09. The molecule has 80 valence electrons. The molecule has 2 aliphatic heterocycles. The average molecular weight is 197 g/mol. The second-order valence-electron chi connectivity index (χ2n) is 4.05. The van der Waals surface area contributed by atoms with Crippen LogP contribution < -0.4 is 5.73 Å². The molecule has 0 aliphatic carbocycles. The van der Waals surface area contributed by atoms with Crippen LogP contribution in [0.4, 0.5) is 0 Å². The van der Waals surface area contributed by atoms with Gasteiger partial charge in [0.05, 0.1) is 18.7 Å². The highest BCUT2D eigenvalue weighted by Crippen LogP contribution is 2.18. The Morgan fingerprint density at radius 2 is 2.50 bits per heavy atom. The molecule has 0 aromatic rings. The topological polar surface area (TPSA) is 50.8 Å². The van der Waals surface area contributed by atoms with Crippen LogP contribution in [0, 0.1) is 0 Å². The molecule has 0 radical (unpaired) electrons. The standard InChI is InChI=1S/C10H19N3O/c1-2-8-6-12-10(11)13(8)7-9-4-3-5-14-9/h8-9H,2-7H2,1H3,(H2,11,12). The maximum absolute atomic E-state index is 5.84. The van der Waals surface area contributed by atoms with E-state index in [0.717, 1.165) is 26.1 Å². The minimum Gasteiger partial charge on any atom is -0.376 e. The Bertz CT molecular complexity index is 223. The molecule has 2 heterocycles. The van der Waals surface area contributed by atoms with Crippen LogP contribution in [0.2, 0.25) is 0 Å². The zero-order valence-corrected chi connectivity index (χ0v) is 8.78. The van der Waals surface area contributed by atoms with E-state index in [0.29, 0.717) is 18.1 Å². The Labute approximate surface area is 85.1 Å². The Hall–Kier alpha value is -0.770. The van der Waals surface area contributed by atoms with E-state index in [1.807, 2.05) is 0 Å². The third kappa shape index (κ3) is 1.85. The molecule has 0 amide bonds. The molecular weight excluding hydrogens is 178 g/mol. The van der Waals surface area contributed by atoms with Gasteiger partial charge in [-0.1, -0.05) is 6.92 Å². The van der Waals surface area contributed by atoms with Crippen molar-refractivity contribution in [1.29, 1.82) is 0 Å². The Morgan fingerprint density at radius 1 is 1.64 bits per heavy atom. The van der Waals surface area contributed by atoms with Gasteiger partial charge in [0.2, 0.25) is 0 Å². The fourth-order valence-corrected chi connectivity index (χ4v) is 2.18. The van der Waals surface area contributed by atoms with Crippen LogP contribution >= 0.6 is 0 Å². The number of rotatable bonds is 3. The number of aliphatic imine (C=N–C) groups is 1. The lowest BCUT2D eigenvalue weighted by molar-refractivity contribution is 0.0849. The van der Waals surface area contributed by atoms with Gasteiger partial charge in [0.15, 0.2) is 5.96 Å². The second-order valence-corrected chi connectivity index (χ2v) is 4.05. The van der Waals surface area contributed by atoms with Gasteiger partial charge in [-0.2, -0.15) is 0 Å². The molecule has 4 nitrogen and oxygen atoms in total. The monoisotopic (exact) mass is 197 g/mol.